The molecule has 2 rings (SSSR count). The highest BCUT2D eigenvalue weighted by Gasteiger charge is 2.25. The van der Waals surface area contributed by atoms with Crippen molar-refractivity contribution in [2.24, 2.45) is 0 Å². The van der Waals surface area contributed by atoms with Crippen molar-refractivity contribution < 1.29 is 19.1 Å². The van der Waals surface area contributed by atoms with Gasteiger partial charge in [0.2, 0.25) is 5.91 Å². The molecule has 0 aromatic heterocycles. The van der Waals surface area contributed by atoms with Gasteiger partial charge in [-0.05, 0) is 39.3 Å². The first kappa shape index (κ1) is 19.8. The van der Waals surface area contributed by atoms with Crippen LogP contribution in [0, 0.1) is 6.92 Å². The van der Waals surface area contributed by atoms with Gasteiger partial charge in [-0.25, -0.2) is 4.79 Å². The Labute approximate surface area is 154 Å². The smallest absolute Gasteiger partial charge is 0.397 e. The van der Waals surface area contributed by atoms with Crippen molar-refractivity contribution in [3.63, 3.8) is 0 Å². The number of piperazine rings is 1. The number of carbonyl (C=O) groups excluding carboxylic acids is 3. The first-order chi connectivity index (χ1) is 12.2. The Morgan fingerprint density at radius 2 is 1.69 bits per heavy atom. The van der Waals surface area contributed by atoms with Crippen LogP contribution in [0.5, 0.6) is 0 Å². The first-order valence-electron chi connectivity index (χ1n) is 8.77. The predicted octanol–water partition coefficient (Wildman–Crippen LogP) is 1.10. The van der Waals surface area contributed by atoms with Gasteiger partial charge in [0.1, 0.15) is 5.60 Å². The Hall–Kier alpha value is -2.57. The SMILES string of the molecule is Cc1ccccc1N1CCN(C(=O)CNC(=O)C(=O)OC(C)(C)C)CC1. The van der Waals surface area contributed by atoms with Gasteiger partial charge in [0.25, 0.3) is 0 Å². The van der Waals surface area contributed by atoms with Gasteiger partial charge in [0, 0.05) is 31.9 Å². The molecule has 1 N–H and O–H groups in total. The first-order valence-corrected chi connectivity index (χ1v) is 8.77. The predicted molar refractivity (Wildman–Crippen MR) is 98.8 cm³/mol. The molecular formula is C19H27N3O4. The van der Waals surface area contributed by atoms with Crippen molar-refractivity contribution >= 4 is 23.5 Å². The minimum absolute atomic E-state index is 0.202. The quantitative estimate of drug-likeness (QED) is 0.644. The number of hydrogen-bond donors (Lipinski definition) is 1. The topological polar surface area (TPSA) is 79.0 Å². The summed E-state index contributed by atoms with van der Waals surface area (Å²) in [4.78, 5) is 39.5. The minimum atomic E-state index is -0.977. The largest absolute Gasteiger partial charge is 0.453 e. The summed E-state index contributed by atoms with van der Waals surface area (Å²) in [7, 11) is 0. The number of nitrogens with zero attached hydrogens (tertiary/aromatic N) is 2. The van der Waals surface area contributed by atoms with E-state index in [4.69, 9.17) is 4.74 Å². The minimum Gasteiger partial charge on any atom is -0.453 e. The molecule has 0 unspecified atom stereocenters. The van der Waals surface area contributed by atoms with E-state index >= 15 is 0 Å². The van der Waals surface area contributed by atoms with E-state index in [1.165, 1.54) is 11.3 Å². The lowest BCUT2D eigenvalue weighted by Gasteiger charge is -2.36. The van der Waals surface area contributed by atoms with Crippen LogP contribution in [0.4, 0.5) is 5.69 Å². The van der Waals surface area contributed by atoms with Crippen LogP contribution in [0.1, 0.15) is 26.3 Å². The van der Waals surface area contributed by atoms with E-state index in [1.54, 1.807) is 25.7 Å². The zero-order chi connectivity index (χ0) is 19.3. The van der Waals surface area contributed by atoms with Crippen molar-refractivity contribution in [2.45, 2.75) is 33.3 Å². The van der Waals surface area contributed by atoms with E-state index in [2.05, 4.69) is 29.3 Å². The molecule has 1 fully saturated rings. The standard InChI is InChI=1S/C19H27N3O4/c1-14-7-5-6-8-15(14)21-9-11-22(12-10-21)16(23)13-20-17(24)18(25)26-19(2,3)4/h5-8H,9-13H2,1-4H3,(H,20,24). The lowest BCUT2D eigenvalue weighted by atomic mass is 10.1. The van der Waals surface area contributed by atoms with Crippen LogP contribution >= 0.6 is 0 Å². The third-order valence-electron chi connectivity index (χ3n) is 4.07. The summed E-state index contributed by atoms with van der Waals surface area (Å²) in [5, 5.41) is 2.34. The van der Waals surface area contributed by atoms with E-state index in [0.717, 1.165) is 13.1 Å². The highest BCUT2D eigenvalue weighted by atomic mass is 16.6. The zero-order valence-corrected chi connectivity index (χ0v) is 15.9. The summed E-state index contributed by atoms with van der Waals surface area (Å²) < 4.78 is 4.97. The number of hydrogen-bond acceptors (Lipinski definition) is 5. The third-order valence-corrected chi connectivity index (χ3v) is 4.07. The van der Waals surface area contributed by atoms with Crippen molar-refractivity contribution in [3.8, 4) is 0 Å². The molecule has 1 saturated heterocycles. The molecule has 0 aliphatic carbocycles. The maximum absolute atomic E-state index is 12.3. The average Bonchev–Trinajstić information content (AvgIpc) is 2.58. The zero-order valence-electron chi connectivity index (χ0n) is 15.9. The Bertz CT molecular complexity index is 674. The fourth-order valence-electron chi connectivity index (χ4n) is 2.78. The Kier molecular flexibility index (Phi) is 6.23. The van der Waals surface area contributed by atoms with E-state index < -0.39 is 17.5 Å². The summed E-state index contributed by atoms with van der Waals surface area (Å²) in [6.45, 7) is 9.52. The van der Waals surface area contributed by atoms with Gasteiger partial charge >= 0.3 is 11.9 Å². The fourth-order valence-corrected chi connectivity index (χ4v) is 2.78. The molecule has 1 aliphatic rings. The summed E-state index contributed by atoms with van der Waals surface area (Å²) in [6.07, 6.45) is 0. The molecule has 0 bridgehead atoms. The second kappa shape index (κ2) is 8.21. The molecule has 1 aliphatic heterocycles. The summed E-state index contributed by atoms with van der Waals surface area (Å²) in [5.41, 5.74) is 1.64. The molecule has 26 heavy (non-hydrogen) atoms. The normalized spacial score (nSPS) is 14.8. The number of amides is 2. The molecule has 1 aromatic carbocycles. The number of para-hydroxylation sites is 1. The number of aryl methyl sites for hydroxylation is 1. The molecule has 142 valence electrons. The molecule has 7 heteroatoms. The molecule has 0 saturated carbocycles. The van der Waals surface area contributed by atoms with Gasteiger partial charge in [0.05, 0.1) is 6.54 Å². The van der Waals surface area contributed by atoms with Crippen LogP contribution < -0.4 is 10.2 Å². The number of esters is 1. The highest BCUT2D eigenvalue weighted by molar-refractivity contribution is 6.32. The number of nitrogens with one attached hydrogen (secondary N) is 1. The van der Waals surface area contributed by atoms with Crippen LogP contribution in [0.2, 0.25) is 0 Å². The number of ether oxygens (including phenoxy) is 1. The van der Waals surface area contributed by atoms with E-state index in [-0.39, 0.29) is 12.5 Å². The summed E-state index contributed by atoms with van der Waals surface area (Å²) in [5.74, 6) is -2.08. The number of carbonyl (C=O) groups is 3. The lowest BCUT2D eigenvalue weighted by Crippen LogP contribution is -2.52. The summed E-state index contributed by atoms with van der Waals surface area (Å²) >= 11 is 0. The van der Waals surface area contributed by atoms with Crippen LogP contribution in [-0.4, -0.2) is 61.0 Å². The Balaban J connectivity index is 1.79. The maximum atomic E-state index is 12.3. The Morgan fingerprint density at radius 1 is 1.08 bits per heavy atom. The van der Waals surface area contributed by atoms with Gasteiger partial charge in [-0.3, -0.25) is 9.59 Å². The molecule has 1 heterocycles. The Morgan fingerprint density at radius 3 is 2.27 bits per heavy atom. The van der Waals surface area contributed by atoms with Crippen LogP contribution in [0.3, 0.4) is 0 Å². The van der Waals surface area contributed by atoms with E-state index in [9.17, 15) is 14.4 Å². The number of benzene rings is 1. The van der Waals surface area contributed by atoms with Gasteiger partial charge in [0.15, 0.2) is 0 Å². The highest BCUT2D eigenvalue weighted by Crippen LogP contribution is 2.20. The molecule has 7 nitrogen and oxygen atoms in total. The molecule has 0 radical (unpaired) electrons. The van der Waals surface area contributed by atoms with Crippen LogP contribution in [0.25, 0.3) is 0 Å². The van der Waals surface area contributed by atoms with Crippen molar-refractivity contribution in [3.05, 3.63) is 29.8 Å². The van der Waals surface area contributed by atoms with Gasteiger partial charge < -0.3 is 19.9 Å². The van der Waals surface area contributed by atoms with Crippen molar-refractivity contribution in [2.75, 3.05) is 37.6 Å². The van der Waals surface area contributed by atoms with E-state index in [0.29, 0.717) is 13.1 Å². The number of rotatable bonds is 3. The van der Waals surface area contributed by atoms with Gasteiger partial charge in [-0.1, -0.05) is 18.2 Å². The summed E-state index contributed by atoms with van der Waals surface area (Å²) in [6, 6.07) is 8.16. The second-order valence-electron chi connectivity index (χ2n) is 7.34. The maximum Gasteiger partial charge on any atom is 0.397 e. The second-order valence-corrected chi connectivity index (χ2v) is 7.34. The van der Waals surface area contributed by atoms with Crippen molar-refractivity contribution in [1.82, 2.24) is 10.2 Å². The molecular weight excluding hydrogens is 334 g/mol. The van der Waals surface area contributed by atoms with Crippen LogP contribution in [0.15, 0.2) is 24.3 Å². The van der Waals surface area contributed by atoms with E-state index in [1.807, 2.05) is 12.1 Å². The number of anilines is 1. The fraction of sp³-hybridized carbons (Fsp3) is 0.526. The van der Waals surface area contributed by atoms with Crippen molar-refractivity contribution in [1.29, 1.82) is 0 Å². The monoisotopic (exact) mass is 361 g/mol. The van der Waals surface area contributed by atoms with Gasteiger partial charge in [-0.15, -0.1) is 0 Å². The third kappa shape index (κ3) is 5.47. The molecule has 0 spiro atoms. The molecule has 2 amide bonds. The molecule has 1 aromatic rings. The lowest BCUT2D eigenvalue weighted by molar-refractivity contribution is -0.163. The average molecular weight is 361 g/mol. The van der Waals surface area contributed by atoms with Gasteiger partial charge in [-0.2, -0.15) is 0 Å². The molecule has 0 atom stereocenters. The van der Waals surface area contributed by atoms with Crippen LogP contribution in [-0.2, 0) is 19.1 Å².